The van der Waals surface area contributed by atoms with Crippen LogP contribution in [0, 0.1) is 5.92 Å². The van der Waals surface area contributed by atoms with Gasteiger partial charge in [0.25, 0.3) is 0 Å². The number of allylic oxidation sites excluding steroid dienone is 6. The van der Waals surface area contributed by atoms with Gasteiger partial charge in [0.1, 0.15) is 5.69 Å². The van der Waals surface area contributed by atoms with Crippen molar-refractivity contribution in [3.8, 4) is 0 Å². The summed E-state index contributed by atoms with van der Waals surface area (Å²) in [6.07, 6.45) is 29.6. The lowest BCUT2D eigenvalue weighted by atomic mass is 9.75. The number of nitrogens with two attached hydrogens (primary N) is 1. The number of quaternary nitrogens is 1. The largest absolute Gasteiger partial charge is 0.333 e. The van der Waals surface area contributed by atoms with Crippen molar-refractivity contribution in [3.63, 3.8) is 0 Å². The van der Waals surface area contributed by atoms with Crippen LogP contribution in [0.2, 0.25) is 0 Å². The molecule has 0 fully saturated rings. The minimum Gasteiger partial charge on any atom is -0.333 e. The van der Waals surface area contributed by atoms with Gasteiger partial charge in [-0.1, -0.05) is 121 Å². The van der Waals surface area contributed by atoms with E-state index in [2.05, 4.69) is 190 Å². The summed E-state index contributed by atoms with van der Waals surface area (Å²) < 4.78 is 0. The zero-order chi connectivity index (χ0) is 36.0. The lowest BCUT2D eigenvalue weighted by Gasteiger charge is -2.38. The predicted octanol–water partition coefficient (Wildman–Crippen LogP) is 11.2. The van der Waals surface area contributed by atoms with Crippen LogP contribution in [-0.2, 0) is 6.42 Å². The van der Waals surface area contributed by atoms with Gasteiger partial charge in [-0.25, -0.2) is 0 Å². The Morgan fingerprint density at radius 2 is 1.47 bits per heavy atom. The normalized spacial score (nSPS) is 27.7. The molecule has 268 valence electrons. The fraction of sp³-hybridized carbons (Fsp3) is 0.216. The van der Waals surface area contributed by atoms with E-state index < -0.39 is 0 Å². The fourth-order valence-electron chi connectivity index (χ4n) is 11.1. The summed E-state index contributed by atoms with van der Waals surface area (Å²) >= 11 is 2.08. The summed E-state index contributed by atoms with van der Waals surface area (Å²) in [5.74, 6) is 1.55. The van der Waals surface area contributed by atoms with Crippen molar-refractivity contribution in [1.29, 1.82) is 0 Å². The molecule has 0 bridgehead atoms. The first-order valence-corrected chi connectivity index (χ1v) is 21.1. The summed E-state index contributed by atoms with van der Waals surface area (Å²) in [6.45, 7) is 0. The number of hydrogen-bond donors (Lipinski definition) is 1. The monoisotopic (exact) mass is 730 g/mol. The molecular weight excluding hydrogens is 687 g/mol. The van der Waals surface area contributed by atoms with Crippen molar-refractivity contribution in [2.45, 2.75) is 61.7 Å². The van der Waals surface area contributed by atoms with Crippen LogP contribution in [0.4, 0.5) is 22.7 Å². The topological polar surface area (TPSA) is 23.1 Å². The molecule has 7 aliphatic rings. The average Bonchev–Trinajstić information content (AvgIpc) is 3.91. The molecule has 0 saturated heterocycles. The molecular formula is C51H44N3S+. The van der Waals surface area contributed by atoms with Crippen LogP contribution in [-0.4, -0.2) is 18.2 Å². The van der Waals surface area contributed by atoms with Gasteiger partial charge >= 0.3 is 0 Å². The van der Waals surface area contributed by atoms with Crippen molar-refractivity contribution in [3.05, 3.63) is 195 Å². The highest BCUT2D eigenvalue weighted by Crippen LogP contribution is 2.54. The van der Waals surface area contributed by atoms with Gasteiger partial charge in [0.15, 0.2) is 6.17 Å². The van der Waals surface area contributed by atoms with Crippen LogP contribution >= 0.6 is 11.3 Å². The molecule has 0 spiro atoms. The molecule has 3 aliphatic heterocycles. The third kappa shape index (κ3) is 4.91. The first kappa shape index (κ1) is 31.9. The third-order valence-corrected chi connectivity index (χ3v) is 14.9. The van der Waals surface area contributed by atoms with E-state index in [-0.39, 0.29) is 6.17 Å². The molecule has 4 heterocycles. The number of nitrogens with zero attached hydrogens (tertiary/aromatic N) is 2. The van der Waals surface area contributed by atoms with Gasteiger partial charge < -0.3 is 9.80 Å². The number of anilines is 3. The van der Waals surface area contributed by atoms with Gasteiger partial charge in [0.05, 0.1) is 12.1 Å². The minimum absolute atomic E-state index is 0.180. The molecule has 1 aromatic heterocycles. The second-order valence-corrected chi connectivity index (χ2v) is 17.4. The zero-order valence-corrected chi connectivity index (χ0v) is 31.7. The minimum atomic E-state index is 0.180. The second-order valence-electron chi connectivity index (χ2n) is 16.3. The summed E-state index contributed by atoms with van der Waals surface area (Å²) in [5, 5.41) is 2.54. The highest BCUT2D eigenvalue weighted by atomic mass is 32.1. The number of benzene rings is 4. The standard InChI is InChI=1S/C51H43N3S/c1-2-13-34(14-3-1)53-45-22-9-5-16-36(45)42-29-32(25-27-47(42)53)33-26-28-48-43(30-33)37-17-6-10-23-46(37)54(48)50-31-41(35-15-4-8-21-44(35)52-50)40-20-12-19-39-38-18-7-11-24-49(38)55-51(39)40/h1-10,12-19,21-23,25-29,31,33,40,42-43,47-48,50,52H,11,20,24,30H2/p+1. The van der Waals surface area contributed by atoms with E-state index in [0.717, 1.165) is 19.3 Å². The Morgan fingerprint density at radius 3 is 2.40 bits per heavy atom. The van der Waals surface area contributed by atoms with Crippen LogP contribution in [0.5, 0.6) is 0 Å². The first-order chi connectivity index (χ1) is 27.3. The Kier molecular flexibility index (Phi) is 7.28. The van der Waals surface area contributed by atoms with Gasteiger partial charge in [0.2, 0.25) is 0 Å². The van der Waals surface area contributed by atoms with Gasteiger partial charge in [-0.2, -0.15) is 0 Å². The van der Waals surface area contributed by atoms with Crippen molar-refractivity contribution in [2.24, 2.45) is 5.92 Å². The lowest BCUT2D eigenvalue weighted by molar-refractivity contribution is -0.600. The van der Waals surface area contributed by atoms with Crippen molar-refractivity contribution < 1.29 is 5.32 Å². The predicted molar refractivity (Wildman–Crippen MR) is 229 cm³/mol. The average molecular weight is 731 g/mol. The lowest BCUT2D eigenvalue weighted by Crippen LogP contribution is -2.90. The van der Waals surface area contributed by atoms with Gasteiger partial charge in [-0.15, -0.1) is 11.3 Å². The molecule has 7 atom stereocenters. The van der Waals surface area contributed by atoms with E-state index >= 15 is 0 Å². The summed E-state index contributed by atoms with van der Waals surface area (Å²) in [6, 6.07) is 39.0. The highest BCUT2D eigenvalue weighted by molar-refractivity contribution is 7.12. The molecule has 0 saturated carbocycles. The van der Waals surface area contributed by atoms with E-state index in [9.17, 15) is 0 Å². The van der Waals surface area contributed by atoms with Gasteiger partial charge in [-0.3, -0.25) is 5.32 Å². The van der Waals surface area contributed by atoms with Gasteiger partial charge in [-0.05, 0) is 102 Å². The second kappa shape index (κ2) is 12.6. The molecule has 3 nitrogen and oxygen atoms in total. The number of rotatable bonds is 4. The fourth-order valence-corrected chi connectivity index (χ4v) is 12.5. The number of aryl methyl sites for hydroxylation is 1. The van der Waals surface area contributed by atoms with Gasteiger partial charge in [0, 0.05) is 56.1 Å². The molecule has 5 aromatic rings. The Labute approximate surface area is 328 Å². The highest BCUT2D eigenvalue weighted by Gasteiger charge is 2.46. The molecule has 4 heteroatoms. The van der Waals surface area contributed by atoms with E-state index in [4.69, 9.17) is 0 Å². The van der Waals surface area contributed by atoms with E-state index in [1.54, 1.807) is 9.75 Å². The Morgan fingerprint density at radius 1 is 0.673 bits per heavy atom. The van der Waals surface area contributed by atoms with E-state index in [1.807, 2.05) is 0 Å². The Hall–Kier alpha value is -5.42. The molecule has 2 N–H and O–H groups in total. The molecule has 4 aliphatic carbocycles. The van der Waals surface area contributed by atoms with E-state index in [1.165, 1.54) is 68.1 Å². The summed E-state index contributed by atoms with van der Waals surface area (Å²) in [7, 11) is 0. The Bertz CT molecular complexity index is 2550. The third-order valence-electron chi connectivity index (χ3n) is 13.5. The van der Waals surface area contributed by atoms with Crippen LogP contribution in [0.15, 0.2) is 157 Å². The maximum Gasteiger partial charge on any atom is 0.186 e. The zero-order valence-electron chi connectivity index (χ0n) is 30.8. The van der Waals surface area contributed by atoms with Crippen molar-refractivity contribution in [1.82, 2.24) is 0 Å². The molecule has 0 amide bonds. The quantitative estimate of drug-likeness (QED) is 0.147. The summed E-state index contributed by atoms with van der Waals surface area (Å²) in [5.41, 5.74) is 15.6. The van der Waals surface area contributed by atoms with Crippen LogP contribution < -0.4 is 15.1 Å². The van der Waals surface area contributed by atoms with Crippen molar-refractivity contribution in [2.75, 3.05) is 9.80 Å². The molecule has 12 rings (SSSR count). The SMILES string of the molecule is C1=Cc2c(sc3c2C=CCC3C2=CC(N3c4ccccc4C4CC(C5=CC6c7ccccc7N(c7ccccc7)C6C=C5)C=CC43)[NH2+]c3ccccc32)CC1. The number of para-hydroxylation sites is 4. The van der Waals surface area contributed by atoms with Crippen LogP contribution in [0.3, 0.4) is 0 Å². The molecule has 0 radical (unpaired) electrons. The number of hydrogen-bond acceptors (Lipinski definition) is 3. The smallest absolute Gasteiger partial charge is 0.186 e. The molecule has 4 aromatic carbocycles. The maximum absolute atomic E-state index is 2.76. The van der Waals surface area contributed by atoms with Crippen molar-refractivity contribution >= 4 is 51.8 Å². The number of fused-ring (bicyclic) bond motifs is 10. The Balaban J connectivity index is 0.897. The van der Waals surface area contributed by atoms with E-state index in [0.29, 0.717) is 35.8 Å². The first-order valence-electron chi connectivity index (χ1n) is 20.3. The summed E-state index contributed by atoms with van der Waals surface area (Å²) in [4.78, 5) is 8.43. The molecule has 7 unspecified atom stereocenters. The molecule has 55 heavy (non-hydrogen) atoms. The maximum atomic E-state index is 2.76. The number of thiophene rings is 1. The van der Waals surface area contributed by atoms with Crippen LogP contribution in [0.25, 0.3) is 17.7 Å². The van der Waals surface area contributed by atoms with Crippen LogP contribution in [0.1, 0.15) is 74.6 Å².